The van der Waals surface area contributed by atoms with E-state index in [1.54, 1.807) is 4.90 Å². The van der Waals surface area contributed by atoms with Crippen molar-refractivity contribution in [2.45, 2.75) is 46.1 Å². The summed E-state index contributed by atoms with van der Waals surface area (Å²) < 4.78 is 0. The molecule has 0 bridgehead atoms. The number of piperidine rings is 1. The van der Waals surface area contributed by atoms with E-state index in [0.29, 0.717) is 18.2 Å². The van der Waals surface area contributed by atoms with E-state index in [9.17, 15) is 4.79 Å². The summed E-state index contributed by atoms with van der Waals surface area (Å²) in [7, 11) is 1.83. The first-order valence-electron chi connectivity index (χ1n) is 9.66. The lowest BCUT2D eigenvalue weighted by molar-refractivity contribution is 0.0779. The van der Waals surface area contributed by atoms with E-state index in [2.05, 4.69) is 53.2 Å². The summed E-state index contributed by atoms with van der Waals surface area (Å²) in [6.07, 6.45) is 4.80. The zero-order chi connectivity index (χ0) is 18.5. The van der Waals surface area contributed by atoms with Crippen molar-refractivity contribution in [3.63, 3.8) is 0 Å². The molecule has 1 fully saturated rings. The number of hydrogen-bond donors (Lipinski definition) is 1. The van der Waals surface area contributed by atoms with E-state index in [0.717, 1.165) is 30.8 Å². The van der Waals surface area contributed by atoms with E-state index >= 15 is 0 Å². The van der Waals surface area contributed by atoms with Gasteiger partial charge in [-0.05, 0) is 55.4 Å². The van der Waals surface area contributed by atoms with E-state index in [1.165, 1.54) is 24.9 Å². The van der Waals surface area contributed by atoms with Gasteiger partial charge in [0.1, 0.15) is 5.69 Å². The summed E-state index contributed by atoms with van der Waals surface area (Å²) in [4.78, 5) is 16.8. The van der Waals surface area contributed by atoms with Gasteiger partial charge in [0.05, 0.1) is 0 Å². The van der Waals surface area contributed by atoms with Gasteiger partial charge in [-0.1, -0.05) is 26.0 Å². The van der Waals surface area contributed by atoms with Crippen LogP contribution < -0.4 is 4.90 Å². The van der Waals surface area contributed by atoms with Crippen LogP contribution in [-0.2, 0) is 13.0 Å². The number of H-pyrrole nitrogens is 1. The topological polar surface area (TPSA) is 52.2 Å². The monoisotopic (exact) mass is 354 g/mol. The molecular formula is C21H30N4O. The largest absolute Gasteiger partial charge is 0.372 e. The molecule has 2 aromatic rings. The number of aromatic nitrogens is 2. The first kappa shape index (κ1) is 18.5. The van der Waals surface area contributed by atoms with E-state index < -0.39 is 0 Å². The lowest BCUT2D eigenvalue weighted by atomic mass is 10.1. The van der Waals surface area contributed by atoms with Gasteiger partial charge in [-0.15, -0.1) is 0 Å². The number of carbonyl (C=O) groups is 1. The third kappa shape index (κ3) is 4.65. The maximum atomic E-state index is 12.6. The third-order valence-corrected chi connectivity index (χ3v) is 4.90. The predicted molar refractivity (Wildman–Crippen MR) is 105 cm³/mol. The van der Waals surface area contributed by atoms with Crippen LogP contribution in [0.3, 0.4) is 0 Å². The average Bonchev–Trinajstić information content (AvgIpc) is 3.10. The lowest BCUT2D eigenvalue weighted by Gasteiger charge is -2.29. The highest BCUT2D eigenvalue weighted by atomic mass is 16.2. The summed E-state index contributed by atoms with van der Waals surface area (Å²) in [5.41, 5.74) is 3.93. The Kier molecular flexibility index (Phi) is 5.96. The van der Waals surface area contributed by atoms with Crippen molar-refractivity contribution < 1.29 is 4.79 Å². The van der Waals surface area contributed by atoms with Gasteiger partial charge in [0.25, 0.3) is 5.91 Å². The number of amides is 1. The van der Waals surface area contributed by atoms with Crippen molar-refractivity contribution in [2.24, 2.45) is 5.92 Å². The van der Waals surface area contributed by atoms with Crippen molar-refractivity contribution in [3.05, 3.63) is 47.3 Å². The van der Waals surface area contributed by atoms with Crippen molar-refractivity contribution in [1.82, 2.24) is 15.1 Å². The maximum Gasteiger partial charge on any atom is 0.274 e. The Labute approximate surface area is 156 Å². The van der Waals surface area contributed by atoms with Gasteiger partial charge in [-0.25, -0.2) is 0 Å². The fourth-order valence-electron chi connectivity index (χ4n) is 3.52. The molecule has 0 spiro atoms. The van der Waals surface area contributed by atoms with E-state index in [4.69, 9.17) is 0 Å². The van der Waals surface area contributed by atoms with Gasteiger partial charge in [0, 0.05) is 38.1 Å². The molecule has 0 saturated carbocycles. The van der Waals surface area contributed by atoms with Gasteiger partial charge < -0.3 is 9.80 Å². The van der Waals surface area contributed by atoms with Crippen LogP contribution in [0.5, 0.6) is 0 Å². The summed E-state index contributed by atoms with van der Waals surface area (Å²) >= 11 is 0. The highest BCUT2D eigenvalue weighted by Gasteiger charge is 2.16. The summed E-state index contributed by atoms with van der Waals surface area (Å²) in [5.74, 6) is 0.492. The first-order valence-corrected chi connectivity index (χ1v) is 9.66. The van der Waals surface area contributed by atoms with Gasteiger partial charge in [0.2, 0.25) is 0 Å². The molecule has 5 nitrogen and oxygen atoms in total. The Morgan fingerprint density at radius 3 is 2.54 bits per heavy atom. The molecule has 2 heterocycles. The second-order valence-corrected chi connectivity index (χ2v) is 7.75. The van der Waals surface area contributed by atoms with Crippen LogP contribution in [0.4, 0.5) is 5.69 Å². The number of benzene rings is 1. The molecule has 1 aliphatic rings. The molecule has 0 unspecified atom stereocenters. The number of nitrogens with zero attached hydrogens (tertiary/aromatic N) is 3. The standard InChI is InChI=1S/C21H30N4O/c1-16(2)13-18-14-20(23-22-18)21(26)24(3)15-17-7-9-19(10-8-17)25-11-5-4-6-12-25/h7-10,14,16H,4-6,11-13,15H2,1-3H3,(H,22,23). The second kappa shape index (κ2) is 8.39. The van der Waals surface area contributed by atoms with Crippen molar-refractivity contribution in [3.8, 4) is 0 Å². The maximum absolute atomic E-state index is 12.6. The average molecular weight is 354 g/mol. The molecule has 0 atom stereocenters. The van der Waals surface area contributed by atoms with Gasteiger partial charge in [-0.2, -0.15) is 5.10 Å². The molecule has 0 radical (unpaired) electrons. The number of rotatable bonds is 6. The quantitative estimate of drug-likeness (QED) is 0.857. The van der Waals surface area contributed by atoms with Gasteiger partial charge >= 0.3 is 0 Å². The molecule has 3 rings (SSSR count). The van der Waals surface area contributed by atoms with Crippen LogP contribution in [0.15, 0.2) is 30.3 Å². The first-order chi connectivity index (χ1) is 12.5. The molecule has 1 aromatic heterocycles. The van der Waals surface area contributed by atoms with Gasteiger partial charge in [-0.3, -0.25) is 9.89 Å². The Morgan fingerprint density at radius 2 is 1.88 bits per heavy atom. The zero-order valence-corrected chi connectivity index (χ0v) is 16.2. The SMILES string of the molecule is CC(C)Cc1cc(C(=O)N(C)Cc2ccc(N3CCCCC3)cc2)n[nH]1. The van der Waals surface area contributed by atoms with Crippen LogP contribution in [0, 0.1) is 5.92 Å². The highest BCUT2D eigenvalue weighted by Crippen LogP contribution is 2.21. The number of nitrogens with one attached hydrogen (secondary N) is 1. The normalized spacial score (nSPS) is 14.7. The Balaban J connectivity index is 1.59. The van der Waals surface area contributed by atoms with E-state index in [1.807, 2.05) is 13.1 Å². The third-order valence-electron chi connectivity index (χ3n) is 4.90. The summed E-state index contributed by atoms with van der Waals surface area (Å²) in [6, 6.07) is 10.5. The Hall–Kier alpha value is -2.30. The van der Waals surface area contributed by atoms with Crippen LogP contribution in [0.1, 0.15) is 54.9 Å². The molecule has 0 aliphatic carbocycles. The molecule has 140 valence electrons. The zero-order valence-electron chi connectivity index (χ0n) is 16.2. The minimum atomic E-state index is -0.0450. The molecule has 1 N–H and O–H groups in total. The van der Waals surface area contributed by atoms with Crippen LogP contribution in [0.2, 0.25) is 0 Å². The number of carbonyl (C=O) groups excluding carboxylic acids is 1. The van der Waals surface area contributed by atoms with Crippen LogP contribution >= 0.6 is 0 Å². The second-order valence-electron chi connectivity index (χ2n) is 7.75. The molecule has 1 amide bonds. The van der Waals surface area contributed by atoms with Crippen molar-refractivity contribution in [1.29, 1.82) is 0 Å². The van der Waals surface area contributed by atoms with Crippen molar-refractivity contribution >= 4 is 11.6 Å². The molecule has 1 aliphatic heterocycles. The summed E-state index contributed by atoms with van der Waals surface area (Å²) in [6.45, 7) is 7.20. The molecule has 1 aromatic carbocycles. The minimum absolute atomic E-state index is 0.0450. The van der Waals surface area contributed by atoms with Crippen LogP contribution in [0.25, 0.3) is 0 Å². The molecular weight excluding hydrogens is 324 g/mol. The van der Waals surface area contributed by atoms with Crippen LogP contribution in [-0.4, -0.2) is 41.1 Å². The molecule has 1 saturated heterocycles. The number of aromatic amines is 1. The van der Waals surface area contributed by atoms with Gasteiger partial charge in [0.15, 0.2) is 0 Å². The number of anilines is 1. The predicted octanol–water partition coefficient (Wildman–Crippen LogP) is 3.87. The highest BCUT2D eigenvalue weighted by molar-refractivity contribution is 5.92. The molecule has 26 heavy (non-hydrogen) atoms. The van der Waals surface area contributed by atoms with E-state index in [-0.39, 0.29) is 5.91 Å². The summed E-state index contributed by atoms with van der Waals surface area (Å²) in [5, 5.41) is 7.16. The molecule has 5 heteroatoms. The fourth-order valence-corrected chi connectivity index (χ4v) is 3.52. The lowest BCUT2D eigenvalue weighted by Crippen LogP contribution is -2.29. The Morgan fingerprint density at radius 1 is 1.19 bits per heavy atom. The fraction of sp³-hybridized carbons (Fsp3) is 0.524. The minimum Gasteiger partial charge on any atom is -0.372 e. The smallest absolute Gasteiger partial charge is 0.274 e. The Bertz CT molecular complexity index is 714. The number of hydrogen-bond acceptors (Lipinski definition) is 3. The van der Waals surface area contributed by atoms with Crippen molar-refractivity contribution in [2.75, 3.05) is 25.0 Å².